The van der Waals surface area contributed by atoms with Gasteiger partial charge in [-0.3, -0.25) is 14.5 Å². The molecule has 1 heterocycles. The van der Waals surface area contributed by atoms with Gasteiger partial charge < -0.3 is 25.2 Å². The number of halogens is 2. The number of hydrogen-bond acceptors (Lipinski definition) is 6. The Morgan fingerprint density at radius 3 is 2.27 bits per heavy atom. The molecule has 1 fully saturated rings. The molecule has 3 aromatic carbocycles. The second kappa shape index (κ2) is 13.3. The Kier molecular flexibility index (Phi) is 9.60. The zero-order valence-electron chi connectivity index (χ0n) is 21.0. The highest BCUT2D eigenvalue weighted by molar-refractivity contribution is 6.40. The number of anilines is 1. The van der Waals surface area contributed by atoms with Crippen LogP contribution in [0.3, 0.4) is 0 Å². The first-order valence-corrected chi connectivity index (χ1v) is 12.9. The van der Waals surface area contributed by atoms with Crippen LogP contribution >= 0.6 is 23.2 Å². The summed E-state index contributed by atoms with van der Waals surface area (Å²) in [6.07, 6.45) is -0.790. The van der Waals surface area contributed by atoms with E-state index in [9.17, 15) is 24.3 Å². The van der Waals surface area contributed by atoms with Crippen LogP contribution in [0.2, 0.25) is 10.0 Å². The maximum Gasteiger partial charge on any atom is 0.412 e. The molecule has 0 saturated carbocycles. The van der Waals surface area contributed by atoms with Gasteiger partial charge in [0.25, 0.3) is 5.91 Å². The predicted octanol–water partition coefficient (Wildman–Crippen LogP) is 4.35. The largest absolute Gasteiger partial charge is 0.480 e. The number of aliphatic carboxylic acids is 1. The third-order valence-corrected chi connectivity index (χ3v) is 6.71. The molecule has 1 aliphatic heterocycles. The summed E-state index contributed by atoms with van der Waals surface area (Å²) in [5, 5.41) is 15.3. The van der Waals surface area contributed by atoms with Gasteiger partial charge in [-0.25, -0.2) is 9.59 Å². The number of carbonyl (C=O) groups excluding carboxylic acids is 3. The van der Waals surface area contributed by atoms with E-state index < -0.39 is 36.0 Å². The van der Waals surface area contributed by atoms with Crippen molar-refractivity contribution in [1.29, 1.82) is 0 Å². The molecule has 12 heteroatoms. The van der Waals surface area contributed by atoms with Gasteiger partial charge in [-0.1, -0.05) is 71.7 Å². The first kappa shape index (κ1) is 28.9. The highest BCUT2D eigenvalue weighted by Crippen LogP contribution is 2.25. The van der Waals surface area contributed by atoms with E-state index in [1.807, 2.05) is 18.2 Å². The number of carboxylic acids is 1. The van der Waals surface area contributed by atoms with Crippen molar-refractivity contribution in [2.45, 2.75) is 25.1 Å². The van der Waals surface area contributed by atoms with Crippen molar-refractivity contribution in [3.8, 4) is 0 Å². The number of hydrogen-bond donors (Lipinski definition) is 3. The third kappa shape index (κ3) is 7.29. The molecule has 2 atom stereocenters. The zero-order valence-corrected chi connectivity index (χ0v) is 22.5. The summed E-state index contributed by atoms with van der Waals surface area (Å²) in [7, 11) is 0. The van der Waals surface area contributed by atoms with Gasteiger partial charge in [-0.15, -0.1) is 0 Å². The summed E-state index contributed by atoms with van der Waals surface area (Å²) < 4.78 is 10.6. The molecule has 3 aromatic rings. The van der Waals surface area contributed by atoms with Gasteiger partial charge in [0.2, 0.25) is 5.91 Å². The Morgan fingerprint density at radius 2 is 1.62 bits per heavy atom. The van der Waals surface area contributed by atoms with Crippen LogP contribution < -0.4 is 10.6 Å². The number of amides is 3. The number of nitrogens with one attached hydrogen (secondary N) is 2. The molecule has 208 valence electrons. The van der Waals surface area contributed by atoms with Crippen molar-refractivity contribution >= 4 is 52.8 Å². The first-order chi connectivity index (χ1) is 19.2. The van der Waals surface area contributed by atoms with Crippen molar-refractivity contribution in [2.75, 3.05) is 18.7 Å². The van der Waals surface area contributed by atoms with Crippen molar-refractivity contribution < 1.29 is 33.8 Å². The van der Waals surface area contributed by atoms with Crippen LogP contribution in [0.15, 0.2) is 72.8 Å². The maximum atomic E-state index is 12.9. The summed E-state index contributed by atoms with van der Waals surface area (Å²) >= 11 is 12.2. The van der Waals surface area contributed by atoms with E-state index in [1.54, 1.807) is 54.6 Å². The van der Waals surface area contributed by atoms with Crippen LogP contribution in [0, 0.1) is 0 Å². The lowest BCUT2D eigenvalue weighted by Crippen LogP contribution is -2.52. The fourth-order valence-corrected chi connectivity index (χ4v) is 4.55. The molecular formula is C28H25Cl2N3O7. The van der Waals surface area contributed by atoms with Crippen LogP contribution in [0.5, 0.6) is 0 Å². The van der Waals surface area contributed by atoms with Crippen LogP contribution in [0.25, 0.3) is 0 Å². The molecule has 1 aliphatic rings. The maximum absolute atomic E-state index is 12.9. The molecule has 2 unspecified atom stereocenters. The molecule has 3 amide bonds. The Bertz CT molecular complexity index is 1370. The van der Waals surface area contributed by atoms with Gasteiger partial charge in [0.1, 0.15) is 25.4 Å². The fourth-order valence-electron chi connectivity index (χ4n) is 3.98. The summed E-state index contributed by atoms with van der Waals surface area (Å²) in [5.74, 6) is -2.43. The lowest BCUT2D eigenvalue weighted by molar-refractivity contribution is -0.142. The standard InChI is InChI=1S/C28H25Cl2N3O7/c29-20-7-4-8-21(30)24(20)26(35)31-19-11-9-17(10-12-19)13-22(27(36)37)32-25(34)23-15-39-16-33(23)28(38)40-14-18-5-2-1-3-6-18/h1-12,22-23H,13-16H2,(H,31,35)(H,32,34)(H,36,37). The molecular weight excluding hydrogens is 561 g/mol. The predicted molar refractivity (Wildman–Crippen MR) is 147 cm³/mol. The SMILES string of the molecule is O=C(Nc1ccc(CC(NC(=O)C2COCN2C(=O)OCc2ccccc2)C(=O)O)cc1)c1c(Cl)cccc1Cl. The fraction of sp³-hybridized carbons (Fsp3) is 0.214. The molecule has 3 N–H and O–H groups in total. The van der Waals surface area contributed by atoms with Crippen LogP contribution in [-0.2, 0) is 32.1 Å². The summed E-state index contributed by atoms with van der Waals surface area (Å²) in [6.45, 7) is -0.234. The minimum Gasteiger partial charge on any atom is -0.480 e. The topological polar surface area (TPSA) is 134 Å². The number of rotatable bonds is 9. The molecule has 10 nitrogen and oxygen atoms in total. The molecule has 1 saturated heterocycles. The monoisotopic (exact) mass is 585 g/mol. The second-order valence-electron chi connectivity index (χ2n) is 8.88. The zero-order chi connectivity index (χ0) is 28.6. The Labute approximate surface area is 239 Å². The number of nitrogens with zero attached hydrogens (tertiary/aromatic N) is 1. The molecule has 0 bridgehead atoms. The van der Waals surface area contributed by atoms with Gasteiger partial charge in [-0.05, 0) is 35.4 Å². The van der Waals surface area contributed by atoms with Gasteiger partial charge >= 0.3 is 12.1 Å². The third-order valence-electron chi connectivity index (χ3n) is 6.08. The highest BCUT2D eigenvalue weighted by Gasteiger charge is 2.37. The first-order valence-electron chi connectivity index (χ1n) is 12.2. The van der Waals surface area contributed by atoms with E-state index >= 15 is 0 Å². The normalized spacial score (nSPS) is 15.2. The van der Waals surface area contributed by atoms with E-state index in [4.69, 9.17) is 32.7 Å². The van der Waals surface area contributed by atoms with E-state index in [0.717, 1.165) is 10.5 Å². The minimum atomic E-state index is -1.28. The summed E-state index contributed by atoms with van der Waals surface area (Å²) in [4.78, 5) is 51.1. The van der Waals surface area contributed by atoms with Crippen molar-refractivity contribution in [3.05, 3.63) is 99.5 Å². The van der Waals surface area contributed by atoms with Crippen molar-refractivity contribution in [3.63, 3.8) is 0 Å². The number of ether oxygens (including phenoxy) is 2. The number of carbonyl (C=O) groups is 4. The van der Waals surface area contributed by atoms with E-state index in [1.165, 1.54) is 0 Å². The van der Waals surface area contributed by atoms with Crippen molar-refractivity contribution in [1.82, 2.24) is 10.2 Å². The Morgan fingerprint density at radius 1 is 0.950 bits per heavy atom. The average molecular weight is 586 g/mol. The smallest absolute Gasteiger partial charge is 0.412 e. The lowest BCUT2D eigenvalue weighted by Gasteiger charge is -2.23. The molecule has 0 radical (unpaired) electrons. The highest BCUT2D eigenvalue weighted by atomic mass is 35.5. The van der Waals surface area contributed by atoms with Crippen LogP contribution in [0.4, 0.5) is 10.5 Å². The summed E-state index contributed by atoms with van der Waals surface area (Å²) in [6, 6.07) is 17.9. The molecule has 40 heavy (non-hydrogen) atoms. The van der Waals surface area contributed by atoms with E-state index in [2.05, 4.69) is 10.6 Å². The quantitative estimate of drug-likeness (QED) is 0.340. The molecule has 0 spiro atoms. The van der Waals surface area contributed by atoms with E-state index in [-0.39, 0.29) is 42.0 Å². The van der Waals surface area contributed by atoms with Crippen LogP contribution in [-0.4, -0.2) is 59.3 Å². The molecule has 0 aliphatic carbocycles. The van der Waals surface area contributed by atoms with Crippen LogP contribution in [0.1, 0.15) is 21.5 Å². The van der Waals surface area contributed by atoms with Gasteiger partial charge in [0.05, 0.1) is 22.2 Å². The molecule has 4 rings (SSSR count). The van der Waals surface area contributed by atoms with Crippen molar-refractivity contribution in [2.24, 2.45) is 0 Å². The Balaban J connectivity index is 1.34. The van der Waals surface area contributed by atoms with Gasteiger partial charge in [0, 0.05) is 12.1 Å². The number of carboxylic acid groups (broad SMARTS) is 1. The van der Waals surface area contributed by atoms with E-state index in [0.29, 0.717) is 11.3 Å². The minimum absolute atomic E-state index is 0.0180. The van der Waals surface area contributed by atoms with Gasteiger partial charge in [-0.2, -0.15) is 0 Å². The average Bonchev–Trinajstić information content (AvgIpc) is 3.43. The lowest BCUT2D eigenvalue weighted by atomic mass is 10.0. The van der Waals surface area contributed by atoms with Gasteiger partial charge in [0.15, 0.2) is 0 Å². The Hall–Kier alpha value is -4.12. The number of benzene rings is 3. The molecule has 0 aromatic heterocycles. The summed E-state index contributed by atoms with van der Waals surface area (Å²) in [5.41, 5.74) is 1.94. The second-order valence-corrected chi connectivity index (χ2v) is 9.69.